The number of carbonyl (C=O) groups excluding carboxylic acids is 1. The number of nitrogens with zero attached hydrogens (tertiary/aromatic N) is 1. The van der Waals surface area contributed by atoms with E-state index >= 15 is 0 Å². The van der Waals surface area contributed by atoms with E-state index < -0.39 is 0 Å². The second-order valence-electron chi connectivity index (χ2n) is 5.05. The number of rotatable bonds is 4. The van der Waals surface area contributed by atoms with Crippen molar-refractivity contribution in [2.24, 2.45) is 0 Å². The van der Waals surface area contributed by atoms with Crippen molar-refractivity contribution in [2.45, 2.75) is 33.2 Å². The molecule has 0 aliphatic rings. The van der Waals surface area contributed by atoms with Crippen LogP contribution < -0.4 is 10.7 Å². The summed E-state index contributed by atoms with van der Waals surface area (Å²) in [6.45, 7) is 5.70. The Hall–Kier alpha value is -2.43. The quantitative estimate of drug-likeness (QED) is 0.905. The van der Waals surface area contributed by atoms with Gasteiger partial charge in [0.2, 0.25) is 0 Å². The molecule has 5 nitrogen and oxygen atoms in total. The number of aromatic nitrogens is 2. The highest BCUT2D eigenvalue weighted by atomic mass is 16.2. The Labute approximate surface area is 123 Å². The van der Waals surface area contributed by atoms with Crippen molar-refractivity contribution >= 4 is 5.91 Å². The van der Waals surface area contributed by atoms with Crippen LogP contribution in [0.4, 0.5) is 0 Å². The van der Waals surface area contributed by atoms with Gasteiger partial charge in [-0.15, -0.1) is 0 Å². The molecule has 0 aliphatic heterocycles. The van der Waals surface area contributed by atoms with Gasteiger partial charge in [0, 0.05) is 24.0 Å². The number of carbonyl (C=O) groups is 1. The number of aromatic amines is 1. The van der Waals surface area contributed by atoms with Crippen LogP contribution in [0.2, 0.25) is 0 Å². The first kappa shape index (κ1) is 15.0. The molecular weight excluding hydrogens is 266 g/mol. The molecular formula is C16H19N3O2. The number of hydrogen-bond donors (Lipinski definition) is 2. The summed E-state index contributed by atoms with van der Waals surface area (Å²) in [6.07, 6.45) is 2.44. The zero-order chi connectivity index (χ0) is 15.4. The van der Waals surface area contributed by atoms with Crippen molar-refractivity contribution in [2.75, 3.05) is 0 Å². The van der Waals surface area contributed by atoms with E-state index in [4.69, 9.17) is 0 Å². The van der Waals surface area contributed by atoms with Crippen LogP contribution >= 0.6 is 0 Å². The van der Waals surface area contributed by atoms with Crippen LogP contribution in [0.15, 0.2) is 35.3 Å². The molecule has 21 heavy (non-hydrogen) atoms. The van der Waals surface area contributed by atoms with E-state index in [-0.39, 0.29) is 23.1 Å². The predicted octanol–water partition coefficient (Wildman–Crippen LogP) is 2.27. The Bertz CT molecular complexity index is 707. The van der Waals surface area contributed by atoms with Gasteiger partial charge in [0.05, 0.1) is 11.7 Å². The summed E-state index contributed by atoms with van der Waals surface area (Å²) in [5.74, 6) is -0.298. The van der Waals surface area contributed by atoms with Crippen LogP contribution in [0.1, 0.15) is 46.8 Å². The molecule has 0 unspecified atom stereocenters. The molecule has 0 bridgehead atoms. The Kier molecular flexibility index (Phi) is 4.52. The van der Waals surface area contributed by atoms with Gasteiger partial charge >= 0.3 is 0 Å². The third-order valence-electron chi connectivity index (χ3n) is 3.32. The van der Waals surface area contributed by atoms with Crippen LogP contribution in [0.5, 0.6) is 0 Å². The van der Waals surface area contributed by atoms with E-state index in [1.807, 2.05) is 26.0 Å². The summed E-state index contributed by atoms with van der Waals surface area (Å²) < 4.78 is 0. The Morgan fingerprint density at radius 1 is 1.38 bits per heavy atom. The highest BCUT2D eigenvalue weighted by Crippen LogP contribution is 2.18. The molecule has 5 heteroatoms. The topological polar surface area (TPSA) is 74.8 Å². The van der Waals surface area contributed by atoms with E-state index in [2.05, 4.69) is 15.3 Å². The lowest BCUT2D eigenvalue weighted by Crippen LogP contribution is -2.30. The first-order valence-electron chi connectivity index (χ1n) is 6.94. The average molecular weight is 285 g/mol. The van der Waals surface area contributed by atoms with Crippen molar-refractivity contribution < 1.29 is 4.79 Å². The van der Waals surface area contributed by atoms with Crippen LogP contribution in [-0.2, 0) is 0 Å². The van der Waals surface area contributed by atoms with Crippen LogP contribution in [0.25, 0.3) is 0 Å². The third-order valence-corrected chi connectivity index (χ3v) is 3.32. The smallest absolute Gasteiger partial charge is 0.268 e. The van der Waals surface area contributed by atoms with Gasteiger partial charge in [-0.25, -0.2) is 0 Å². The molecule has 2 heterocycles. The van der Waals surface area contributed by atoms with Gasteiger partial charge in [-0.05, 0) is 31.9 Å². The van der Waals surface area contributed by atoms with Gasteiger partial charge in [0.25, 0.3) is 5.91 Å². The number of hydrogen-bond acceptors (Lipinski definition) is 3. The van der Waals surface area contributed by atoms with Gasteiger partial charge in [-0.2, -0.15) is 0 Å². The van der Waals surface area contributed by atoms with Gasteiger partial charge in [-0.3, -0.25) is 14.6 Å². The van der Waals surface area contributed by atoms with Crippen molar-refractivity contribution in [3.8, 4) is 0 Å². The number of amides is 1. The van der Waals surface area contributed by atoms with Gasteiger partial charge in [0.1, 0.15) is 5.69 Å². The number of H-pyrrole nitrogens is 1. The largest absolute Gasteiger partial charge is 0.354 e. The average Bonchev–Trinajstić information content (AvgIpc) is 2.44. The van der Waals surface area contributed by atoms with Crippen molar-refractivity contribution in [1.82, 2.24) is 15.3 Å². The maximum absolute atomic E-state index is 12.3. The first-order chi connectivity index (χ1) is 10.0. The normalized spacial score (nSPS) is 12.0. The number of pyridine rings is 2. The Morgan fingerprint density at radius 3 is 2.76 bits per heavy atom. The zero-order valence-corrected chi connectivity index (χ0v) is 12.4. The monoisotopic (exact) mass is 285 g/mol. The lowest BCUT2D eigenvalue weighted by Gasteiger charge is -2.18. The molecule has 2 aromatic rings. The van der Waals surface area contributed by atoms with Crippen molar-refractivity contribution in [1.29, 1.82) is 0 Å². The SMILES string of the molecule is CC[C@@H](NC(=O)c1cc(=O)cc(C)[nH]1)c1ncccc1C. The van der Waals surface area contributed by atoms with E-state index in [1.54, 1.807) is 13.1 Å². The minimum absolute atomic E-state index is 0.178. The molecule has 0 fully saturated rings. The molecule has 2 rings (SSSR count). The van der Waals surface area contributed by atoms with E-state index in [9.17, 15) is 9.59 Å². The zero-order valence-electron chi connectivity index (χ0n) is 12.4. The molecule has 0 saturated carbocycles. The van der Waals surface area contributed by atoms with Crippen LogP contribution in [0, 0.1) is 13.8 Å². The highest BCUT2D eigenvalue weighted by molar-refractivity contribution is 5.92. The fourth-order valence-corrected chi connectivity index (χ4v) is 2.27. The summed E-state index contributed by atoms with van der Waals surface area (Å²) in [6, 6.07) is 6.41. The molecule has 1 atom stereocenters. The summed E-state index contributed by atoms with van der Waals surface area (Å²) in [5.41, 5.74) is 2.63. The summed E-state index contributed by atoms with van der Waals surface area (Å²) in [4.78, 5) is 31.0. The highest BCUT2D eigenvalue weighted by Gasteiger charge is 2.17. The summed E-state index contributed by atoms with van der Waals surface area (Å²) >= 11 is 0. The Balaban J connectivity index is 2.24. The van der Waals surface area contributed by atoms with E-state index in [1.165, 1.54) is 12.1 Å². The second-order valence-corrected chi connectivity index (χ2v) is 5.05. The van der Waals surface area contributed by atoms with Crippen LogP contribution in [0.3, 0.4) is 0 Å². The molecule has 0 spiro atoms. The summed E-state index contributed by atoms with van der Waals surface area (Å²) in [5, 5.41) is 2.92. The molecule has 0 radical (unpaired) electrons. The minimum Gasteiger partial charge on any atom is -0.354 e. The lowest BCUT2D eigenvalue weighted by molar-refractivity contribution is 0.0929. The standard InChI is InChI=1S/C16H19N3O2/c1-4-13(15-10(2)6-5-7-17-15)19-16(21)14-9-12(20)8-11(3)18-14/h5-9,13H,4H2,1-3H3,(H,18,20)(H,19,21)/t13-/m1/s1. The molecule has 0 saturated heterocycles. The van der Waals surface area contributed by atoms with E-state index in [0.717, 1.165) is 17.7 Å². The molecule has 110 valence electrons. The second kappa shape index (κ2) is 6.35. The van der Waals surface area contributed by atoms with Gasteiger partial charge in [0.15, 0.2) is 5.43 Å². The number of aryl methyl sites for hydroxylation is 2. The number of nitrogens with one attached hydrogen (secondary N) is 2. The summed E-state index contributed by atoms with van der Waals surface area (Å²) in [7, 11) is 0. The van der Waals surface area contributed by atoms with Crippen LogP contribution in [-0.4, -0.2) is 15.9 Å². The maximum Gasteiger partial charge on any atom is 0.268 e. The molecule has 1 amide bonds. The van der Waals surface area contributed by atoms with Gasteiger partial charge in [-0.1, -0.05) is 13.0 Å². The Morgan fingerprint density at radius 2 is 2.14 bits per heavy atom. The first-order valence-corrected chi connectivity index (χ1v) is 6.94. The molecule has 0 aliphatic carbocycles. The van der Waals surface area contributed by atoms with E-state index in [0.29, 0.717) is 5.69 Å². The van der Waals surface area contributed by atoms with Gasteiger partial charge < -0.3 is 10.3 Å². The third kappa shape index (κ3) is 3.56. The molecule has 2 N–H and O–H groups in total. The fourth-order valence-electron chi connectivity index (χ4n) is 2.27. The fraction of sp³-hybridized carbons (Fsp3) is 0.312. The maximum atomic E-state index is 12.3. The predicted molar refractivity (Wildman–Crippen MR) is 81.3 cm³/mol. The minimum atomic E-state index is -0.298. The molecule has 0 aromatic carbocycles. The lowest BCUT2D eigenvalue weighted by atomic mass is 10.1. The molecule has 2 aromatic heterocycles. The van der Waals surface area contributed by atoms with Crippen molar-refractivity contribution in [3.63, 3.8) is 0 Å². The van der Waals surface area contributed by atoms with Crippen molar-refractivity contribution in [3.05, 3.63) is 63.3 Å².